The molecule has 2 rings (SSSR count). The summed E-state index contributed by atoms with van der Waals surface area (Å²) in [4.78, 5) is 23.0. The zero-order valence-corrected chi connectivity index (χ0v) is 14.5. The lowest BCUT2D eigenvalue weighted by molar-refractivity contribution is -0.144. The third-order valence-electron chi connectivity index (χ3n) is 3.47. The van der Waals surface area contributed by atoms with Gasteiger partial charge in [-0.1, -0.05) is 36.4 Å². The molecule has 136 valence electrons. The highest BCUT2D eigenvalue weighted by Crippen LogP contribution is 2.31. The van der Waals surface area contributed by atoms with Crippen molar-refractivity contribution >= 4 is 18.1 Å². The summed E-state index contributed by atoms with van der Waals surface area (Å²) in [6.45, 7) is 1.41. The van der Waals surface area contributed by atoms with Gasteiger partial charge in [-0.15, -0.1) is 0 Å². The van der Waals surface area contributed by atoms with Crippen molar-refractivity contribution in [3.8, 4) is 11.5 Å². The minimum Gasteiger partial charge on any atom is -0.493 e. The van der Waals surface area contributed by atoms with Gasteiger partial charge >= 0.3 is 5.97 Å². The maximum Gasteiger partial charge on any atom is 0.344 e. The van der Waals surface area contributed by atoms with Gasteiger partial charge < -0.3 is 14.6 Å². The van der Waals surface area contributed by atoms with Crippen molar-refractivity contribution in [1.82, 2.24) is 5.43 Å². The van der Waals surface area contributed by atoms with Crippen LogP contribution in [0.3, 0.4) is 0 Å². The van der Waals surface area contributed by atoms with Crippen LogP contribution in [0.2, 0.25) is 0 Å². The van der Waals surface area contributed by atoms with Crippen LogP contribution in [0.1, 0.15) is 18.1 Å². The molecule has 0 spiro atoms. The van der Waals surface area contributed by atoms with E-state index in [2.05, 4.69) is 10.5 Å². The van der Waals surface area contributed by atoms with Gasteiger partial charge in [-0.3, -0.25) is 4.79 Å². The summed E-state index contributed by atoms with van der Waals surface area (Å²) in [7, 11) is 1.45. The Labute approximate surface area is 151 Å². The van der Waals surface area contributed by atoms with Crippen molar-refractivity contribution in [1.29, 1.82) is 0 Å². The van der Waals surface area contributed by atoms with Crippen molar-refractivity contribution in [2.45, 2.75) is 19.4 Å². The molecular weight excluding hydrogens is 336 g/mol. The Morgan fingerprint density at radius 3 is 2.58 bits per heavy atom. The van der Waals surface area contributed by atoms with Crippen LogP contribution in [0.5, 0.6) is 11.5 Å². The number of carbonyl (C=O) groups is 2. The van der Waals surface area contributed by atoms with Gasteiger partial charge in [0.2, 0.25) is 5.91 Å². The minimum absolute atomic E-state index is 0.204. The first kappa shape index (κ1) is 19.0. The second kappa shape index (κ2) is 9.22. The predicted molar refractivity (Wildman–Crippen MR) is 96.6 cm³/mol. The van der Waals surface area contributed by atoms with Crippen molar-refractivity contribution in [2.75, 3.05) is 7.11 Å². The summed E-state index contributed by atoms with van der Waals surface area (Å²) in [5, 5.41) is 12.9. The van der Waals surface area contributed by atoms with Gasteiger partial charge in [0.25, 0.3) is 0 Å². The van der Waals surface area contributed by atoms with E-state index >= 15 is 0 Å². The number of amides is 1. The number of nitrogens with zero attached hydrogens (tertiary/aromatic N) is 1. The Kier molecular flexibility index (Phi) is 6.73. The third kappa shape index (κ3) is 5.34. The van der Waals surface area contributed by atoms with Gasteiger partial charge in [-0.05, 0) is 24.6 Å². The fourth-order valence-electron chi connectivity index (χ4n) is 2.14. The summed E-state index contributed by atoms with van der Waals surface area (Å²) in [5.41, 5.74) is 3.80. The van der Waals surface area contributed by atoms with E-state index in [0.717, 1.165) is 5.56 Å². The number of rotatable bonds is 8. The Bertz CT molecular complexity index is 790. The molecule has 2 aromatic carbocycles. The van der Waals surface area contributed by atoms with Crippen molar-refractivity contribution in [3.63, 3.8) is 0 Å². The van der Waals surface area contributed by atoms with Crippen LogP contribution in [-0.4, -0.2) is 36.4 Å². The van der Waals surface area contributed by atoms with E-state index in [-0.39, 0.29) is 18.1 Å². The molecule has 0 saturated heterocycles. The maximum absolute atomic E-state index is 11.9. The zero-order chi connectivity index (χ0) is 18.9. The number of aliphatic carboxylic acids is 1. The molecule has 1 atom stereocenters. The smallest absolute Gasteiger partial charge is 0.344 e. The molecule has 0 aliphatic carbocycles. The summed E-state index contributed by atoms with van der Waals surface area (Å²) < 4.78 is 10.7. The lowest BCUT2D eigenvalue weighted by atomic mass is 10.1. The first-order valence-electron chi connectivity index (χ1n) is 7.93. The van der Waals surface area contributed by atoms with Gasteiger partial charge in [-0.25, -0.2) is 10.2 Å². The van der Waals surface area contributed by atoms with Crippen LogP contribution < -0.4 is 14.9 Å². The van der Waals surface area contributed by atoms with Crippen molar-refractivity contribution in [3.05, 3.63) is 59.7 Å². The fourth-order valence-corrected chi connectivity index (χ4v) is 2.14. The topological polar surface area (TPSA) is 97.2 Å². The summed E-state index contributed by atoms with van der Waals surface area (Å²) in [5.74, 6) is -0.754. The van der Waals surface area contributed by atoms with E-state index < -0.39 is 12.1 Å². The molecular formula is C19H20N2O5. The van der Waals surface area contributed by atoms with Crippen molar-refractivity contribution in [2.24, 2.45) is 5.10 Å². The predicted octanol–water partition coefficient (Wildman–Crippen LogP) is 2.24. The number of carboxylic acids is 1. The molecule has 2 N–H and O–H groups in total. The normalized spacial score (nSPS) is 11.8. The van der Waals surface area contributed by atoms with Crippen LogP contribution in [0.4, 0.5) is 0 Å². The molecule has 2 aromatic rings. The largest absolute Gasteiger partial charge is 0.493 e. The molecule has 0 saturated carbocycles. The Hall–Kier alpha value is -3.35. The SMILES string of the molecule is COc1cccc(/C=N\NC(=O)Cc2ccccc2)c1O[C@@H](C)C(=O)O. The average Bonchev–Trinajstić information content (AvgIpc) is 2.63. The molecule has 26 heavy (non-hydrogen) atoms. The number of hydrogen-bond donors (Lipinski definition) is 2. The fraction of sp³-hybridized carbons (Fsp3) is 0.211. The Morgan fingerprint density at radius 1 is 1.19 bits per heavy atom. The first-order valence-corrected chi connectivity index (χ1v) is 7.93. The van der Waals surface area contributed by atoms with Gasteiger partial charge in [-0.2, -0.15) is 5.10 Å². The number of benzene rings is 2. The number of carbonyl (C=O) groups excluding carboxylic acids is 1. The number of ether oxygens (including phenoxy) is 2. The number of nitrogens with one attached hydrogen (secondary N) is 1. The number of carboxylic acid groups (broad SMARTS) is 1. The van der Waals surface area contributed by atoms with E-state index in [9.17, 15) is 9.59 Å². The molecule has 0 aliphatic heterocycles. The van der Waals surface area contributed by atoms with Crippen LogP contribution in [0.25, 0.3) is 0 Å². The van der Waals surface area contributed by atoms with E-state index in [4.69, 9.17) is 14.6 Å². The number of hydrazone groups is 1. The van der Waals surface area contributed by atoms with Crippen molar-refractivity contribution < 1.29 is 24.2 Å². The molecule has 0 bridgehead atoms. The zero-order valence-electron chi connectivity index (χ0n) is 14.5. The van der Waals surface area contributed by atoms with Gasteiger partial charge in [0.05, 0.1) is 19.7 Å². The summed E-state index contributed by atoms with van der Waals surface area (Å²) in [6.07, 6.45) is 0.525. The second-order valence-corrected chi connectivity index (χ2v) is 5.43. The van der Waals surface area contributed by atoms with Gasteiger partial charge in [0.15, 0.2) is 17.6 Å². The number of methoxy groups -OCH3 is 1. The Morgan fingerprint density at radius 2 is 1.92 bits per heavy atom. The molecule has 1 amide bonds. The van der Waals surface area contributed by atoms with Crippen LogP contribution in [0.15, 0.2) is 53.6 Å². The Balaban J connectivity index is 2.09. The van der Waals surface area contributed by atoms with Crippen LogP contribution in [-0.2, 0) is 16.0 Å². The molecule has 0 radical (unpaired) electrons. The standard InChI is InChI=1S/C19H20N2O5/c1-13(19(23)24)26-18-15(9-6-10-16(18)25-2)12-20-21-17(22)11-14-7-4-3-5-8-14/h3-10,12-13H,11H2,1-2H3,(H,21,22)(H,23,24)/b20-12-/t13-/m0/s1. The van der Waals surface area contributed by atoms with E-state index in [1.807, 2.05) is 30.3 Å². The lowest BCUT2D eigenvalue weighted by Gasteiger charge is -2.15. The minimum atomic E-state index is -1.10. The van der Waals surface area contributed by atoms with Crippen LogP contribution in [0, 0.1) is 0 Å². The average molecular weight is 356 g/mol. The number of para-hydroxylation sites is 1. The van der Waals surface area contributed by atoms with E-state index in [1.54, 1.807) is 18.2 Å². The van der Waals surface area contributed by atoms with E-state index in [0.29, 0.717) is 11.3 Å². The molecule has 0 aliphatic rings. The summed E-state index contributed by atoms with van der Waals surface area (Å²) >= 11 is 0. The highest BCUT2D eigenvalue weighted by atomic mass is 16.5. The molecule has 7 nitrogen and oxygen atoms in total. The second-order valence-electron chi connectivity index (χ2n) is 5.43. The molecule has 0 unspecified atom stereocenters. The number of hydrogen-bond acceptors (Lipinski definition) is 5. The molecule has 0 fully saturated rings. The summed E-state index contributed by atoms with van der Waals surface area (Å²) in [6, 6.07) is 14.3. The molecule has 0 aromatic heterocycles. The van der Waals surface area contributed by atoms with Gasteiger partial charge in [0.1, 0.15) is 0 Å². The molecule has 0 heterocycles. The first-order chi connectivity index (χ1) is 12.5. The van der Waals surface area contributed by atoms with E-state index in [1.165, 1.54) is 20.2 Å². The lowest BCUT2D eigenvalue weighted by Crippen LogP contribution is -2.24. The monoisotopic (exact) mass is 356 g/mol. The highest BCUT2D eigenvalue weighted by Gasteiger charge is 2.17. The molecule has 7 heteroatoms. The maximum atomic E-state index is 11.9. The highest BCUT2D eigenvalue weighted by molar-refractivity contribution is 5.87. The third-order valence-corrected chi connectivity index (χ3v) is 3.47. The quantitative estimate of drug-likeness (QED) is 0.558. The van der Waals surface area contributed by atoms with Crippen LogP contribution >= 0.6 is 0 Å². The van der Waals surface area contributed by atoms with Gasteiger partial charge in [0, 0.05) is 5.56 Å².